The molecule has 0 fully saturated rings. The molecule has 0 spiro atoms. The van der Waals surface area contributed by atoms with E-state index in [1.54, 1.807) is 24.3 Å². The third-order valence-corrected chi connectivity index (χ3v) is 9.55. The van der Waals surface area contributed by atoms with Gasteiger partial charge in [-0.2, -0.15) is 0 Å². The van der Waals surface area contributed by atoms with E-state index in [1.165, 1.54) is 0 Å². The fraction of sp³-hybridized carbons (Fsp3) is 0.350. The highest BCUT2D eigenvalue weighted by molar-refractivity contribution is 9.10. The summed E-state index contributed by atoms with van der Waals surface area (Å²) < 4.78 is 12.9. The molecule has 0 saturated carbocycles. The molecule has 0 radical (unpaired) electrons. The second-order valence-corrected chi connectivity index (χ2v) is 13.3. The van der Waals surface area contributed by atoms with Crippen LogP contribution in [-0.4, -0.2) is 35.4 Å². The monoisotopic (exact) mass is 698 g/mol. The van der Waals surface area contributed by atoms with Crippen molar-refractivity contribution in [3.63, 3.8) is 0 Å². The molecule has 0 heterocycles. The van der Waals surface area contributed by atoms with Crippen molar-refractivity contribution in [2.75, 3.05) is 13.2 Å². The van der Waals surface area contributed by atoms with E-state index in [9.17, 15) is 19.8 Å². The minimum atomic E-state index is -1.08. The van der Waals surface area contributed by atoms with Gasteiger partial charge in [0.05, 0.1) is 18.6 Å². The van der Waals surface area contributed by atoms with Crippen molar-refractivity contribution in [3.05, 3.63) is 116 Å². The molecule has 4 aromatic rings. The lowest BCUT2D eigenvalue weighted by molar-refractivity contribution is 0.0681. The minimum absolute atomic E-state index is 0.0699. The Morgan fingerprint density at radius 3 is 1.62 bits per heavy atom. The summed E-state index contributed by atoms with van der Waals surface area (Å²) >= 11 is 3.68. The normalized spacial score (nSPS) is 12.8. The Morgan fingerprint density at radius 2 is 1.13 bits per heavy atom. The average molecular weight is 700 g/mol. The third-order valence-electron chi connectivity index (χ3n) is 9.05. The van der Waals surface area contributed by atoms with Gasteiger partial charge in [0.1, 0.15) is 22.6 Å². The van der Waals surface area contributed by atoms with Crippen LogP contribution < -0.4 is 9.47 Å². The van der Waals surface area contributed by atoms with Crippen molar-refractivity contribution in [2.45, 2.75) is 77.6 Å². The summed E-state index contributed by atoms with van der Waals surface area (Å²) in [5.74, 6) is -1.52. The fourth-order valence-corrected chi connectivity index (χ4v) is 7.09. The maximum atomic E-state index is 12.7. The molecule has 0 saturated heterocycles. The van der Waals surface area contributed by atoms with Crippen LogP contribution in [0.25, 0.3) is 11.1 Å². The maximum absolute atomic E-state index is 12.7. The zero-order chi connectivity index (χ0) is 33.6. The topological polar surface area (TPSA) is 93.1 Å². The lowest BCUT2D eigenvalue weighted by Crippen LogP contribution is -2.29. The maximum Gasteiger partial charge on any atom is 0.339 e. The summed E-state index contributed by atoms with van der Waals surface area (Å²) in [6.07, 6.45) is 8.14. The summed E-state index contributed by atoms with van der Waals surface area (Å²) in [6, 6.07) is 23.1. The van der Waals surface area contributed by atoms with Crippen molar-refractivity contribution in [1.29, 1.82) is 0 Å². The molecule has 0 unspecified atom stereocenters. The molecule has 4 aromatic carbocycles. The van der Waals surface area contributed by atoms with Crippen LogP contribution in [0.15, 0.2) is 77.3 Å². The molecule has 0 aromatic heterocycles. The second-order valence-electron chi connectivity index (χ2n) is 12.3. The van der Waals surface area contributed by atoms with Gasteiger partial charge in [-0.15, -0.1) is 0 Å². The zero-order valence-electron chi connectivity index (χ0n) is 27.4. The van der Waals surface area contributed by atoms with Crippen LogP contribution in [0.4, 0.5) is 0 Å². The minimum Gasteiger partial charge on any atom is -0.493 e. The van der Waals surface area contributed by atoms with Crippen LogP contribution in [0.1, 0.15) is 114 Å². The van der Waals surface area contributed by atoms with Gasteiger partial charge in [0.15, 0.2) is 0 Å². The van der Waals surface area contributed by atoms with Crippen LogP contribution in [0, 0.1) is 6.92 Å². The van der Waals surface area contributed by atoms with E-state index < -0.39 is 17.4 Å². The number of fused-ring (bicyclic) bond motifs is 3. The van der Waals surface area contributed by atoms with E-state index in [-0.39, 0.29) is 11.1 Å². The lowest BCUT2D eigenvalue weighted by atomic mass is 9.67. The Labute approximate surface area is 285 Å². The van der Waals surface area contributed by atoms with Crippen molar-refractivity contribution in [3.8, 4) is 22.6 Å². The van der Waals surface area contributed by atoms with Gasteiger partial charge in [-0.3, -0.25) is 0 Å². The average Bonchev–Trinajstić information content (AvgIpc) is 3.33. The Balaban J connectivity index is 1.72. The summed E-state index contributed by atoms with van der Waals surface area (Å²) in [5.41, 5.74) is 5.49. The molecule has 7 heteroatoms. The number of carboxylic acid groups (broad SMARTS) is 2. The standard InChI is InChI=1S/C40H43BrO6/c1-4-6-8-10-20-46-36-18-13-27(23-32(36)38(42)43)40(28-14-19-37(33(24-28)39(44)45)47-21-11-9-7-5-2)34-22-26(3)12-16-30(34)31-17-15-29(41)25-35(31)40/h12-19,22-25H,4-11,20-21H2,1-3H3,(H,42,43)(H,44,45). The van der Waals surface area contributed by atoms with Crippen LogP contribution in [0.2, 0.25) is 0 Å². The summed E-state index contributed by atoms with van der Waals surface area (Å²) in [7, 11) is 0. The molecule has 246 valence electrons. The highest BCUT2D eigenvalue weighted by Gasteiger charge is 2.47. The van der Waals surface area contributed by atoms with Crippen LogP contribution in [-0.2, 0) is 5.41 Å². The van der Waals surface area contributed by atoms with Gasteiger partial charge in [-0.1, -0.05) is 110 Å². The molecule has 0 aliphatic heterocycles. The van der Waals surface area contributed by atoms with Crippen molar-refractivity contribution in [2.24, 2.45) is 0 Å². The number of halogens is 1. The molecule has 5 rings (SSSR count). The molecule has 0 bridgehead atoms. The van der Waals surface area contributed by atoms with Gasteiger partial charge in [0.25, 0.3) is 0 Å². The molecule has 0 atom stereocenters. The Bertz CT molecular complexity index is 1630. The summed E-state index contributed by atoms with van der Waals surface area (Å²) in [4.78, 5) is 25.5. The van der Waals surface area contributed by atoms with Gasteiger partial charge >= 0.3 is 11.9 Å². The van der Waals surface area contributed by atoms with Crippen molar-refractivity contribution >= 4 is 27.9 Å². The number of hydrogen-bond acceptors (Lipinski definition) is 4. The van der Waals surface area contributed by atoms with Crippen molar-refractivity contribution < 1.29 is 29.3 Å². The number of rotatable bonds is 16. The molecule has 47 heavy (non-hydrogen) atoms. The predicted octanol–water partition coefficient (Wildman–Crippen LogP) is 10.4. The summed E-state index contributed by atoms with van der Waals surface area (Å²) in [6.45, 7) is 7.19. The zero-order valence-corrected chi connectivity index (χ0v) is 29.0. The third kappa shape index (κ3) is 6.96. The quantitative estimate of drug-likeness (QED) is 0.0996. The Kier molecular flexibility index (Phi) is 11.1. The predicted molar refractivity (Wildman–Crippen MR) is 189 cm³/mol. The number of unbranched alkanes of at least 4 members (excludes halogenated alkanes) is 6. The number of ether oxygens (including phenoxy) is 2. The number of carbonyl (C=O) groups is 2. The van der Waals surface area contributed by atoms with Crippen LogP contribution >= 0.6 is 15.9 Å². The first-order chi connectivity index (χ1) is 22.7. The van der Waals surface area contributed by atoms with Gasteiger partial charge in [0, 0.05) is 4.47 Å². The van der Waals surface area contributed by atoms with Crippen LogP contribution in [0.5, 0.6) is 11.5 Å². The lowest BCUT2D eigenvalue weighted by Gasteiger charge is -2.35. The fourth-order valence-electron chi connectivity index (χ4n) is 6.73. The Hall–Kier alpha value is -4.10. The highest BCUT2D eigenvalue weighted by atomic mass is 79.9. The van der Waals surface area contributed by atoms with Crippen LogP contribution in [0.3, 0.4) is 0 Å². The number of aromatic carboxylic acids is 2. The van der Waals surface area contributed by atoms with E-state index in [1.807, 2.05) is 25.1 Å². The molecule has 2 N–H and O–H groups in total. The first kappa shape index (κ1) is 34.2. The number of hydrogen-bond donors (Lipinski definition) is 2. The SMILES string of the molecule is CCCCCCOc1ccc(C2(c3ccc(OCCCCCC)c(C(=O)O)c3)c3cc(C)ccc3-c3ccc(Br)cc32)cc1C(=O)O. The first-order valence-corrected chi connectivity index (χ1v) is 17.4. The largest absolute Gasteiger partial charge is 0.493 e. The van der Waals surface area contributed by atoms with Gasteiger partial charge in [-0.25, -0.2) is 9.59 Å². The summed E-state index contributed by atoms with van der Waals surface area (Å²) in [5, 5.41) is 20.8. The number of benzene rings is 4. The second kappa shape index (κ2) is 15.2. The van der Waals surface area contributed by atoms with Gasteiger partial charge in [-0.05, 0) is 89.5 Å². The molecular weight excluding hydrogens is 656 g/mol. The van der Waals surface area contributed by atoms with Gasteiger partial charge in [0.2, 0.25) is 0 Å². The number of carboxylic acids is 2. The molecule has 0 amide bonds. The van der Waals surface area contributed by atoms with E-state index >= 15 is 0 Å². The molecular formula is C40H43BrO6. The smallest absolute Gasteiger partial charge is 0.339 e. The first-order valence-electron chi connectivity index (χ1n) is 16.6. The highest BCUT2D eigenvalue weighted by Crippen LogP contribution is 2.57. The van der Waals surface area contributed by atoms with Crippen molar-refractivity contribution in [1.82, 2.24) is 0 Å². The molecule has 1 aliphatic rings. The van der Waals surface area contributed by atoms with E-state index in [0.29, 0.717) is 35.8 Å². The molecule has 6 nitrogen and oxygen atoms in total. The van der Waals surface area contributed by atoms with E-state index in [2.05, 4.69) is 60.1 Å². The van der Waals surface area contributed by atoms with Gasteiger partial charge < -0.3 is 19.7 Å². The Morgan fingerprint density at radius 1 is 0.638 bits per heavy atom. The van der Waals surface area contributed by atoms with E-state index in [4.69, 9.17) is 9.47 Å². The molecule has 1 aliphatic carbocycles. The van der Waals surface area contributed by atoms with E-state index in [0.717, 1.165) is 83.7 Å². The number of aryl methyl sites for hydroxylation is 1.